The van der Waals surface area contributed by atoms with Crippen molar-refractivity contribution in [3.8, 4) is 0 Å². The van der Waals surface area contributed by atoms with Crippen LogP contribution in [0.2, 0.25) is 0 Å². The summed E-state index contributed by atoms with van der Waals surface area (Å²) < 4.78 is 7.43. The van der Waals surface area contributed by atoms with Crippen molar-refractivity contribution in [2.45, 2.75) is 20.0 Å². The van der Waals surface area contributed by atoms with Crippen molar-refractivity contribution in [2.24, 2.45) is 5.92 Å². The second-order valence-electron chi connectivity index (χ2n) is 6.20. The highest BCUT2D eigenvalue weighted by molar-refractivity contribution is 5.95. The average Bonchev–Trinajstić information content (AvgIpc) is 3.02. The number of furan rings is 1. The maximum absolute atomic E-state index is 12.8. The van der Waals surface area contributed by atoms with Crippen LogP contribution in [0.25, 0.3) is 0 Å². The zero-order chi connectivity index (χ0) is 15.7. The summed E-state index contributed by atoms with van der Waals surface area (Å²) in [7, 11) is 4.12. The first-order valence-corrected chi connectivity index (χ1v) is 7.52. The summed E-state index contributed by atoms with van der Waals surface area (Å²) in [4.78, 5) is 21.3. The van der Waals surface area contributed by atoms with Gasteiger partial charge in [0, 0.05) is 37.9 Å². The predicted octanol–water partition coefficient (Wildman–Crippen LogP) is 1.62. The van der Waals surface area contributed by atoms with Crippen LogP contribution in [0.1, 0.15) is 21.9 Å². The molecule has 2 aromatic rings. The summed E-state index contributed by atoms with van der Waals surface area (Å²) in [5.41, 5.74) is 0.642. The number of imidazole rings is 1. The van der Waals surface area contributed by atoms with Gasteiger partial charge in [-0.1, -0.05) is 0 Å². The van der Waals surface area contributed by atoms with Gasteiger partial charge in [-0.15, -0.1) is 0 Å². The van der Waals surface area contributed by atoms with Crippen LogP contribution >= 0.6 is 0 Å². The van der Waals surface area contributed by atoms with Crippen LogP contribution in [0.3, 0.4) is 0 Å². The van der Waals surface area contributed by atoms with Crippen LogP contribution < -0.4 is 0 Å². The van der Waals surface area contributed by atoms with E-state index in [1.807, 2.05) is 18.0 Å². The maximum Gasteiger partial charge on any atom is 0.257 e. The molecule has 2 aromatic heterocycles. The molecule has 0 fully saturated rings. The first kappa shape index (κ1) is 14.8. The smallest absolute Gasteiger partial charge is 0.257 e. The van der Waals surface area contributed by atoms with Gasteiger partial charge in [0.1, 0.15) is 11.6 Å². The Balaban J connectivity index is 1.87. The molecular formula is C16H22N4O2. The number of rotatable bonds is 3. The number of hydrogen-bond donors (Lipinski definition) is 0. The molecule has 1 amide bonds. The fourth-order valence-electron chi connectivity index (χ4n) is 3.10. The van der Waals surface area contributed by atoms with E-state index in [0.29, 0.717) is 23.8 Å². The fourth-order valence-corrected chi connectivity index (χ4v) is 3.10. The quantitative estimate of drug-likeness (QED) is 0.864. The van der Waals surface area contributed by atoms with E-state index in [9.17, 15) is 4.79 Å². The van der Waals surface area contributed by atoms with Crippen molar-refractivity contribution < 1.29 is 9.21 Å². The summed E-state index contributed by atoms with van der Waals surface area (Å²) in [5, 5.41) is 0. The minimum atomic E-state index is 0.0199. The lowest BCUT2D eigenvalue weighted by Crippen LogP contribution is -2.37. The molecule has 0 aromatic carbocycles. The van der Waals surface area contributed by atoms with Crippen molar-refractivity contribution in [1.29, 1.82) is 0 Å². The van der Waals surface area contributed by atoms with Gasteiger partial charge in [-0.2, -0.15) is 0 Å². The van der Waals surface area contributed by atoms with E-state index in [1.165, 1.54) is 0 Å². The zero-order valence-corrected chi connectivity index (χ0v) is 13.3. The zero-order valence-electron chi connectivity index (χ0n) is 13.3. The Bertz CT molecular complexity index is 659. The minimum absolute atomic E-state index is 0.0199. The molecule has 0 bridgehead atoms. The molecule has 6 heteroatoms. The summed E-state index contributed by atoms with van der Waals surface area (Å²) >= 11 is 0. The van der Waals surface area contributed by atoms with Crippen LogP contribution in [0.15, 0.2) is 29.1 Å². The molecule has 0 radical (unpaired) electrons. The van der Waals surface area contributed by atoms with E-state index in [-0.39, 0.29) is 5.91 Å². The first-order valence-electron chi connectivity index (χ1n) is 7.52. The monoisotopic (exact) mass is 302 g/mol. The van der Waals surface area contributed by atoms with Crippen LogP contribution in [0, 0.1) is 12.8 Å². The largest absolute Gasteiger partial charge is 0.469 e. The van der Waals surface area contributed by atoms with Gasteiger partial charge < -0.3 is 18.8 Å². The Morgan fingerprint density at radius 2 is 2.27 bits per heavy atom. The van der Waals surface area contributed by atoms with Crippen molar-refractivity contribution in [2.75, 3.05) is 27.2 Å². The number of nitrogens with zero attached hydrogens (tertiary/aromatic N) is 4. The summed E-state index contributed by atoms with van der Waals surface area (Å²) in [6, 6.07) is 1.75. The highest BCUT2D eigenvalue weighted by atomic mass is 16.3. The summed E-state index contributed by atoms with van der Waals surface area (Å²) in [6.45, 7) is 4.92. The molecule has 3 heterocycles. The van der Waals surface area contributed by atoms with Gasteiger partial charge in [-0.3, -0.25) is 4.79 Å². The van der Waals surface area contributed by atoms with E-state index in [2.05, 4.69) is 28.5 Å². The van der Waals surface area contributed by atoms with Gasteiger partial charge in [-0.05, 0) is 27.1 Å². The topological polar surface area (TPSA) is 54.5 Å². The van der Waals surface area contributed by atoms with Crippen LogP contribution in [-0.4, -0.2) is 52.4 Å². The third-order valence-electron chi connectivity index (χ3n) is 4.07. The highest BCUT2D eigenvalue weighted by Gasteiger charge is 2.27. The van der Waals surface area contributed by atoms with Gasteiger partial charge in [0.2, 0.25) is 0 Å². The molecule has 0 saturated heterocycles. The third-order valence-corrected chi connectivity index (χ3v) is 4.07. The van der Waals surface area contributed by atoms with E-state index in [4.69, 9.17) is 4.42 Å². The molecule has 118 valence electrons. The highest BCUT2D eigenvalue weighted by Crippen LogP contribution is 2.20. The molecule has 0 N–H and O–H groups in total. The van der Waals surface area contributed by atoms with Crippen LogP contribution in [-0.2, 0) is 13.1 Å². The number of fused-ring (bicyclic) bond motifs is 1. The first-order chi connectivity index (χ1) is 10.5. The van der Waals surface area contributed by atoms with Crippen LogP contribution in [0.5, 0.6) is 0 Å². The van der Waals surface area contributed by atoms with Gasteiger partial charge >= 0.3 is 0 Å². The molecule has 0 unspecified atom stereocenters. The second-order valence-corrected chi connectivity index (χ2v) is 6.20. The Hall–Kier alpha value is -2.08. The van der Waals surface area contributed by atoms with E-state index >= 15 is 0 Å². The van der Waals surface area contributed by atoms with Gasteiger partial charge in [0.15, 0.2) is 0 Å². The van der Waals surface area contributed by atoms with Gasteiger partial charge in [-0.25, -0.2) is 4.98 Å². The minimum Gasteiger partial charge on any atom is -0.469 e. The Morgan fingerprint density at radius 1 is 1.45 bits per heavy atom. The van der Waals surface area contributed by atoms with E-state index in [0.717, 1.165) is 25.5 Å². The van der Waals surface area contributed by atoms with Gasteiger partial charge in [0.25, 0.3) is 5.91 Å². The number of carbonyl (C=O) groups is 1. The Labute approximate surface area is 130 Å². The van der Waals surface area contributed by atoms with Gasteiger partial charge in [0.05, 0.1) is 18.4 Å². The average molecular weight is 302 g/mol. The lowest BCUT2D eigenvalue weighted by molar-refractivity contribution is 0.0708. The maximum atomic E-state index is 12.8. The number of amides is 1. The van der Waals surface area contributed by atoms with Crippen molar-refractivity contribution >= 4 is 5.91 Å². The second kappa shape index (κ2) is 5.96. The molecule has 1 atom stereocenters. The van der Waals surface area contributed by atoms with Crippen molar-refractivity contribution in [1.82, 2.24) is 19.4 Å². The lowest BCUT2D eigenvalue weighted by Gasteiger charge is -2.25. The molecule has 6 nitrogen and oxygen atoms in total. The standard InChI is InChI=1S/C16H22N4O2/c1-12-14(4-7-22-12)16(21)20-10-13(8-18(2)3)9-19-6-5-17-15(19)11-20/h4-7,13H,8-11H2,1-3H3/t13-/m1/s1. The summed E-state index contributed by atoms with van der Waals surface area (Å²) in [6.07, 6.45) is 5.37. The van der Waals surface area contributed by atoms with Crippen molar-refractivity contribution in [3.05, 3.63) is 41.9 Å². The number of carbonyl (C=O) groups excluding carboxylic acids is 1. The molecule has 1 aliphatic heterocycles. The normalized spacial score (nSPS) is 18.4. The van der Waals surface area contributed by atoms with Crippen LogP contribution in [0.4, 0.5) is 0 Å². The third kappa shape index (κ3) is 2.92. The number of aromatic nitrogens is 2. The molecule has 1 aliphatic rings. The SMILES string of the molecule is Cc1occc1C(=O)N1Cc2nccn2C[C@@H](CN(C)C)C1. The van der Waals surface area contributed by atoms with E-state index < -0.39 is 0 Å². The summed E-state index contributed by atoms with van der Waals surface area (Å²) in [5.74, 6) is 2.01. The number of aryl methyl sites for hydroxylation is 1. The Morgan fingerprint density at radius 3 is 2.95 bits per heavy atom. The molecule has 22 heavy (non-hydrogen) atoms. The predicted molar refractivity (Wildman–Crippen MR) is 82.5 cm³/mol. The van der Waals surface area contributed by atoms with E-state index in [1.54, 1.807) is 18.5 Å². The molecular weight excluding hydrogens is 280 g/mol. The molecule has 0 aliphatic carbocycles. The molecule has 0 spiro atoms. The lowest BCUT2D eigenvalue weighted by atomic mass is 10.1. The van der Waals surface area contributed by atoms with Crippen molar-refractivity contribution in [3.63, 3.8) is 0 Å². The fraction of sp³-hybridized carbons (Fsp3) is 0.500. The number of hydrogen-bond acceptors (Lipinski definition) is 4. The Kier molecular flexibility index (Phi) is 4.02. The molecule has 0 saturated carbocycles. The molecule has 3 rings (SSSR count).